The smallest absolute Gasteiger partial charge is 0.264 e. The van der Waals surface area contributed by atoms with Gasteiger partial charge in [0.1, 0.15) is 0 Å². The van der Waals surface area contributed by atoms with Crippen molar-refractivity contribution in [1.29, 1.82) is 0 Å². The number of amides is 1. The predicted octanol–water partition coefficient (Wildman–Crippen LogP) is 4.62. The molecule has 0 spiro atoms. The molecule has 30 heavy (non-hydrogen) atoms. The molecule has 156 valence electrons. The molecule has 0 bridgehead atoms. The Hall–Kier alpha value is -2.90. The normalized spacial score (nSPS) is 11.4. The minimum atomic E-state index is -3.88. The molecule has 0 N–H and O–H groups in total. The van der Waals surface area contributed by atoms with Gasteiger partial charge in [0.2, 0.25) is 0 Å². The second-order valence-corrected chi connectivity index (χ2v) is 9.37. The van der Waals surface area contributed by atoms with Crippen molar-refractivity contribution in [3.05, 3.63) is 83.6 Å². The summed E-state index contributed by atoms with van der Waals surface area (Å²) in [4.78, 5) is 18.9. The molecule has 2 aromatic carbocycles. The number of halogens is 1. The van der Waals surface area contributed by atoms with E-state index in [4.69, 9.17) is 11.6 Å². The van der Waals surface area contributed by atoms with Gasteiger partial charge < -0.3 is 4.90 Å². The molecule has 0 radical (unpaired) electrons. The third-order valence-electron chi connectivity index (χ3n) is 4.57. The van der Waals surface area contributed by atoms with Gasteiger partial charge in [-0.1, -0.05) is 23.7 Å². The van der Waals surface area contributed by atoms with E-state index in [2.05, 4.69) is 4.98 Å². The molecular formula is C22H22ClN3O3S. The number of nitrogens with zero attached hydrogens (tertiary/aromatic N) is 3. The van der Waals surface area contributed by atoms with E-state index in [1.54, 1.807) is 65.8 Å². The van der Waals surface area contributed by atoms with Crippen LogP contribution in [0.2, 0.25) is 5.02 Å². The highest BCUT2D eigenvalue weighted by atomic mass is 35.5. The number of anilines is 2. The SMILES string of the molecule is CC(C)N(C(=O)c1cccc(S(=O)(=O)N(C)c2cccc(Cl)c2)c1)c1cccnc1. The molecular weight excluding hydrogens is 422 g/mol. The van der Waals surface area contributed by atoms with E-state index in [0.29, 0.717) is 16.4 Å². The van der Waals surface area contributed by atoms with E-state index in [1.807, 2.05) is 13.8 Å². The largest absolute Gasteiger partial charge is 0.304 e. The van der Waals surface area contributed by atoms with Crippen LogP contribution in [0.1, 0.15) is 24.2 Å². The Morgan fingerprint density at radius 3 is 2.33 bits per heavy atom. The Morgan fingerprint density at radius 1 is 1.00 bits per heavy atom. The summed E-state index contributed by atoms with van der Waals surface area (Å²) in [6.07, 6.45) is 3.23. The van der Waals surface area contributed by atoms with Crippen molar-refractivity contribution in [3.8, 4) is 0 Å². The van der Waals surface area contributed by atoms with Crippen molar-refractivity contribution in [2.75, 3.05) is 16.3 Å². The van der Waals surface area contributed by atoms with Gasteiger partial charge in [-0.3, -0.25) is 14.1 Å². The number of carbonyl (C=O) groups is 1. The number of rotatable bonds is 6. The molecule has 0 aliphatic rings. The van der Waals surface area contributed by atoms with Gasteiger partial charge in [0.05, 0.1) is 22.5 Å². The first-order valence-electron chi connectivity index (χ1n) is 9.30. The number of hydrogen-bond donors (Lipinski definition) is 0. The van der Waals surface area contributed by atoms with Gasteiger partial charge in [0.25, 0.3) is 15.9 Å². The summed E-state index contributed by atoms with van der Waals surface area (Å²) >= 11 is 6.00. The van der Waals surface area contributed by atoms with E-state index >= 15 is 0 Å². The average molecular weight is 444 g/mol. The van der Waals surface area contributed by atoms with Crippen molar-refractivity contribution in [3.63, 3.8) is 0 Å². The lowest BCUT2D eigenvalue weighted by atomic mass is 10.1. The van der Waals surface area contributed by atoms with Gasteiger partial charge in [-0.15, -0.1) is 0 Å². The molecule has 3 aromatic rings. The number of sulfonamides is 1. The van der Waals surface area contributed by atoms with Gasteiger partial charge in [0, 0.05) is 29.9 Å². The van der Waals surface area contributed by atoms with E-state index in [9.17, 15) is 13.2 Å². The first-order valence-corrected chi connectivity index (χ1v) is 11.1. The van der Waals surface area contributed by atoms with Crippen LogP contribution in [-0.4, -0.2) is 32.4 Å². The summed E-state index contributed by atoms with van der Waals surface area (Å²) in [5.74, 6) is -0.305. The van der Waals surface area contributed by atoms with E-state index in [0.717, 1.165) is 4.31 Å². The minimum absolute atomic E-state index is 0.0192. The van der Waals surface area contributed by atoms with E-state index < -0.39 is 10.0 Å². The van der Waals surface area contributed by atoms with E-state index in [1.165, 1.54) is 19.2 Å². The second-order valence-electron chi connectivity index (χ2n) is 6.96. The van der Waals surface area contributed by atoms with E-state index in [-0.39, 0.29) is 22.4 Å². The summed E-state index contributed by atoms with van der Waals surface area (Å²) < 4.78 is 27.4. The number of carbonyl (C=O) groups excluding carboxylic acids is 1. The topological polar surface area (TPSA) is 70.6 Å². The number of hydrogen-bond acceptors (Lipinski definition) is 4. The van der Waals surface area contributed by atoms with Gasteiger partial charge in [-0.05, 0) is 62.4 Å². The lowest BCUT2D eigenvalue weighted by molar-refractivity contribution is 0.0980. The quantitative estimate of drug-likeness (QED) is 0.557. The summed E-state index contributed by atoms with van der Waals surface area (Å²) in [5.41, 5.74) is 1.34. The fourth-order valence-corrected chi connectivity index (χ4v) is 4.46. The zero-order valence-electron chi connectivity index (χ0n) is 16.9. The van der Waals surface area contributed by atoms with Crippen molar-refractivity contribution >= 4 is 38.9 Å². The molecule has 0 aliphatic heterocycles. The Bertz CT molecular complexity index is 1150. The van der Waals surface area contributed by atoms with Crippen molar-refractivity contribution in [1.82, 2.24) is 4.98 Å². The van der Waals surface area contributed by atoms with Crippen molar-refractivity contribution < 1.29 is 13.2 Å². The fourth-order valence-electron chi connectivity index (χ4n) is 3.04. The van der Waals surface area contributed by atoms with Crippen LogP contribution in [0.4, 0.5) is 11.4 Å². The molecule has 3 rings (SSSR count). The molecule has 8 heteroatoms. The Morgan fingerprint density at radius 2 is 1.70 bits per heavy atom. The van der Waals surface area contributed by atoms with Crippen LogP contribution >= 0.6 is 11.6 Å². The van der Waals surface area contributed by atoms with Crippen LogP contribution in [-0.2, 0) is 10.0 Å². The van der Waals surface area contributed by atoms with Crippen LogP contribution < -0.4 is 9.21 Å². The Balaban J connectivity index is 1.98. The first kappa shape index (κ1) is 21.8. The highest BCUT2D eigenvalue weighted by Gasteiger charge is 2.25. The standard InChI is InChI=1S/C22H22ClN3O3S/c1-16(2)26(20-10-6-12-24-15-20)22(27)17-7-4-11-21(13-17)30(28,29)25(3)19-9-5-8-18(23)14-19/h4-16H,1-3H3. The monoisotopic (exact) mass is 443 g/mol. The number of benzene rings is 2. The maximum Gasteiger partial charge on any atom is 0.264 e. The number of pyridine rings is 1. The fraction of sp³-hybridized carbons (Fsp3) is 0.182. The van der Waals surface area contributed by atoms with Crippen LogP contribution in [0.5, 0.6) is 0 Å². The molecule has 0 saturated carbocycles. The third-order valence-corrected chi connectivity index (χ3v) is 6.59. The van der Waals surface area contributed by atoms with Gasteiger partial charge in [-0.2, -0.15) is 0 Å². The molecule has 0 aliphatic carbocycles. The minimum Gasteiger partial charge on any atom is -0.304 e. The maximum atomic E-state index is 13.2. The van der Waals surface area contributed by atoms with Crippen molar-refractivity contribution in [2.24, 2.45) is 0 Å². The zero-order valence-corrected chi connectivity index (χ0v) is 18.4. The summed E-state index contributed by atoms with van der Waals surface area (Å²) in [6, 6.07) is 16.0. The van der Waals surface area contributed by atoms with Crippen LogP contribution in [0.25, 0.3) is 0 Å². The molecule has 6 nitrogen and oxygen atoms in total. The predicted molar refractivity (Wildman–Crippen MR) is 120 cm³/mol. The molecule has 0 unspecified atom stereocenters. The molecule has 1 amide bonds. The highest BCUT2D eigenvalue weighted by Crippen LogP contribution is 2.26. The lowest BCUT2D eigenvalue weighted by Crippen LogP contribution is -2.37. The molecule has 0 saturated heterocycles. The van der Waals surface area contributed by atoms with Crippen LogP contribution in [0, 0.1) is 0 Å². The summed E-state index contributed by atoms with van der Waals surface area (Å²) in [7, 11) is -2.43. The second kappa shape index (κ2) is 8.85. The summed E-state index contributed by atoms with van der Waals surface area (Å²) in [6.45, 7) is 3.77. The Labute approximate surface area is 181 Å². The van der Waals surface area contributed by atoms with Crippen LogP contribution in [0.3, 0.4) is 0 Å². The summed E-state index contributed by atoms with van der Waals surface area (Å²) in [5, 5.41) is 0.433. The number of aromatic nitrogens is 1. The van der Waals surface area contributed by atoms with Crippen LogP contribution in [0.15, 0.2) is 78.0 Å². The lowest BCUT2D eigenvalue weighted by Gasteiger charge is -2.27. The Kier molecular flexibility index (Phi) is 6.43. The molecule has 0 atom stereocenters. The zero-order chi connectivity index (χ0) is 21.9. The van der Waals surface area contributed by atoms with Crippen molar-refractivity contribution in [2.45, 2.75) is 24.8 Å². The maximum absolute atomic E-state index is 13.2. The molecule has 1 aromatic heterocycles. The molecule has 0 fully saturated rings. The van der Waals surface area contributed by atoms with Gasteiger partial charge in [0.15, 0.2) is 0 Å². The first-order chi connectivity index (χ1) is 14.2. The highest BCUT2D eigenvalue weighted by molar-refractivity contribution is 7.92. The van der Waals surface area contributed by atoms with Gasteiger partial charge in [-0.25, -0.2) is 8.42 Å². The van der Waals surface area contributed by atoms with Gasteiger partial charge >= 0.3 is 0 Å². The molecule has 1 heterocycles. The average Bonchev–Trinajstić information content (AvgIpc) is 2.74. The third kappa shape index (κ3) is 4.47.